The summed E-state index contributed by atoms with van der Waals surface area (Å²) in [4.78, 5) is 33.3. The van der Waals surface area contributed by atoms with Gasteiger partial charge in [-0.3, -0.25) is 18.9 Å². The number of benzene rings is 1. The molecule has 0 saturated carbocycles. The number of nitrogens with one attached hydrogen (secondary N) is 1. The van der Waals surface area contributed by atoms with Crippen molar-refractivity contribution in [3.8, 4) is 0 Å². The zero-order valence-electron chi connectivity index (χ0n) is 19.4. The predicted molar refractivity (Wildman–Crippen MR) is 146 cm³/mol. The van der Waals surface area contributed by atoms with Gasteiger partial charge in [0.05, 0.1) is 17.0 Å². The normalized spacial score (nSPS) is 14.9. The minimum Gasteiger partial charge on any atom is -0.382 e. The highest BCUT2D eigenvalue weighted by atomic mass is 35.5. The van der Waals surface area contributed by atoms with Crippen LogP contribution in [0.1, 0.15) is 30.0 Å². The van der Waals surface area contributed by atoms with Crippen molar-refractivity contribution in [3.05, 3.63) is 79.6 Å². The van der Waals surface area contributed by atoms with Gasteiger partial charge in [0.15, 0.2) is 0 Å². The predicted octanol–water partition coefficient (Wildman–Crippen LogP) is 4.90. The van der Waals surface area contributed by atoms with E-state index in [9.17, 15) is 9.59 Å². The van der Waals surface area contributed by atoms with E-state index in [1.165, 1.54) is 9.30 Å². The van der Waals surface area contributed by atoms with Gasteiger partial charge in [-0.15, -0.1) is 0 Å². The number of carbonyl (C=O) groups is 1. The summed E-state index contributed by atoms with van der Waals surface area (Å²) >= 11 is 12.9. The number of ether oxygens (including phenoxy) is 1. The van der Waals surface area contributed by atoms with E-state index < -0.39 is 0 Å². The Kier molecular flexibility index (Phi) is 8.22. The van der Waals surface area contributed by atoms with E-state index in [-0.39, 0.29) is 18.0 Å². The van der Waals surface area contributed by atoms with Crippen LogP contribution in [0.5, 0.6) is 0 Å². The molecule has 1 amide bonds. The number of nitrogens with zero attached hydrogens (tertiary/aromatic N) is 3. The molecule has 0 aliphatic carbocycles. The molecule has 1 aliphatic rings. The summed E-state index contributed by atoms with van der Waals surface area (Å²) in [5, 5.41) is 3.82. The molecule has 1 fully saturated rings. The molecule has 2 aromatic heterocycles. The molecule has 10 heteroatoms. The molecule has 1 aliphatic heterocycles. The molecule has 0 atom stereocenters. The number of thiocarbonyl (C=S) groups is 1. The van der Waals surface area contributed by atoms with Crippen molar-refractivity contribution in [2.75, 3.05) is 25.1 Å². The second kappa shape index (κ2) is 11.3. The van der Waals surface area contributed by atoms with E-state index in [0.717, 1.165) is 29.3 Å². The SMILES string of the molecule is CCOCCCNc1nc2c(C)cccn2c(=O)c1/C=C1\SC(=S)N(Cc2ccccc2Cl)C1=O. The molecule has 0 radical (unpaired) electrons. The number of fused-ring (bicyclic) bond motifs is 1. The summed E-state index contributed by atoms with van der Waals surface area (Å²) in [7, 11) is 0. The van der Waals surface area contributed by atoms with Crippen molar-refractivity contribution in [1.29, 1.82) is 0 Å². The van der Waals surface area contributed by atoms with Gasteiger partial charge in [-0.05, 0) is 49.6 Å². The summed E-state index contributed by atoms with van der Waals surface area (Å²) < 4.78 is 7.31. The van der Waals surface area contributed by atoms with Crippen LogP contribution < -0.4 is 10.9 Å². The molecule has 3 aromatic rings. The number of hydrogen-bond donors (Lipinski definition) is 1. The van der Waals surface area contributed by atoms with E-state index in [4.69, 9.17) is 33.5 Å². The minimum absolute atomic E-state index is 0.262. The summed E-state index contributed by atoms with van der Waals surface area (Å²) in [6, 6.07) is 11.0. The molecule has 4 rings (SSSR count). The fourth-order valence-corrected chi connectivity index (χ4v) is 5.10. The summed E-state index contributed by atoms with van der Waals surface area (Å²) in [6.07, 6.45) is 4.01. The number of anilines is 1. The first kappa shape index (κ1) is 25.4. The van der Waals surface area contributed by atoms with Crippen LogP contribution in [-0.2, 0) is 16.1 Å². The van der Waals surface area contributed by atoms with E-state index in [1.54, 1.807) is 24.4 Å². The fourth-order valence-electron chi connectivity index (χ4n) is 3.67. The van der Waals surface area contributed by atoms with Crippen LogP contribution in [0.3, 0.4) is 0 Å². The summed E-state index contributed by atoms with van der Waals surface area (Å²) in [6.45, 7) is 5.94. The molecule has 182 valence electrons. The molecule has 7 nitrogen and oxygen atoms in total. The molecule has 1 N–H and O–H groups in total. The lowest BCUT2D eigenvalue weighted by Gasteiger charge is -2.15. The first-order valence-corrected chi connectivity index (χ1v) is 12.8. The van der Waals surface area contributed by atoms with Gasteiger partial charge in [-0.25, -0.2) is 4.98 Å². The molecule has 35 heavy (non-hydrogen) atoms. The van der Waals surface area contributed by atoms with Gasteiger partial charge in [0.2, 0.25) is 0 Å². The van der Waals surface area contributed by atoms with Gasteiger partial charge < -0.3 is 10.1 Å². The monoisotopic (exact) mass is 528 g/mol. The summed E-state index contributed by atoms with van der Waals surface area (Å²) in [5.41, 5.74) is 2.28. The first-order valence-electron chi connectivity index (χ1n) is 11.2. The minimum atomic E-state index is -0.268. The van der Waals surface area contributed by atoms with Crippen molar-refractivity contribution < 1.29 is 9.53 Å². The number of hydrogen-bond acceptors (Lipinski definition) is 7. The molecule has 0 bridgehead atoms. The number of amides is 1. The van der Waals surface area contributed by atoms with Crippen LogP contribution in [0, 0.1) is 6.92 Å². The van der Waals surface area contributed by atoms with Gasteiger partial charge in [-0.2, -0.15) is 0 Å². The van der Waals surface area contributed by atoms with Crippen molar-refractivity contribution in [3.63, 3.8) is 0 Å². The average Bonchev–Trinajstić information content (AvgIpc) is 3.10. The standard InChI is InChI=1S/C25H25ClN4O3S2/c1-3-33-13-7-11-27-21-18(23(31)29-12-6-8-16(2)22(29)28-21)14-20-24(32)30(25(34)35-20)15-17-9-4-5-10-19(17)26/h4-6,8-10,12,14,27H,3,7,11,13,15H2,1-2H3/b20-14-. The Morgan fingerprint density at radius 2 is 2.03 bits per heavy atom. The largest absolute Gasteiger partial charge is 0.382 e. The van der Waals surface area contributed by atoms with Crippen LogP contribution in [0.15, 0.2) is 52.3 Å². The molecule has 1 aromatic carbocycles. The lowest BCUT2D eigenvalue weighted by Crippen LogP contribution is -2.27. The average molecular weight is 529 g/mol. The summed E-state index contributed by atoms with van der Waals surface area (Å²) in [5.74, 6) is 0.160. The van der Waals surface area contributed by atoms with Crippen molar-refractivity contribution in [2.24, 2.45) is 0 Å². The van der Waals surface area contributed by atoms with Crippen LogP contribution in [-0.4, -0.2) is 44.3 Å². The maximum Gasteiger partial charge on any atom is 0.267 e. The van der Waals surface area contributed by atoms with Crippen LogP contribution in [0.25, 0.3) is 11.7 Å². The van der Waals surface area contributed by atoms with Crippen molar-refractivity contribution >= 4 is 63.3 Å². The van der Waals surface area contributed by atoms with E-state index >= 15 is 0 Å². The molecular weight excluding hydrogens is 504 g/mol. The molecule has 3 heterocycles. The molecule has 0 spiro atoms. The number of rotatable bonds is 9. The van der Waals surface area contributed by atoms with Gasteiger partial charge in [0.1, 0.15) is 15.8 Å². The highest BCUT2D eigenvalue weighted by Crippen LogP contribution is 2.34. The Balaban J connectivity index is 1.69. The van der Waals surface area contributed by atoms with Gasteiger partial charge >= 0.3 is 0 Å². The van der Waals surface area contributed by atoms with Crippen LogP contribution in [0.2, 0.25) is 5.02 Å². The maximum atomic E-state index is 13.5. The fraction of sp³-hybridized carbons (Fsp3) is 0.280. The quantitative estimate of drug-likeness (QED) is 0.240. The zero-order chi connectivity index (χ0) is 24.9. The van der Waals surface area contributed by atoms with E-state index in [0.29, 0.717) is 51.0 Å². The highest BCUT2D eigenvalue weighted by Gasteiger charge is 2.33. The molecule has 1 saturated heterocycles. The highest BCUT2D eigenvalue weighted by molar-refractivity contribution is 8.26. The van der Waals surface area contributed by atoms with E-state index in [1.807, 2.05) is 38.1 Å². The second-order valence-electron chi connectivity index (χ2n) is 7.90. The lowest BCUT2D eigenvalue weighted by molar-refractivity contribution is -0.122. The Labute approximate surface area is 218 Å². The molecule has 0 unspecified atom stereocenters. The lowest BCUT2D eigenvalue weighted by atomic mass is 10.2. The van der Waals surface area contributed by atoms with Gasteiger partial charge in [0, 0.05) is 31.0 Å². The third kappa shape index (κ3) is 5.59. The maximum absolute atomic E-state index is 13.5. The number of aromatic nitrogens is 2. The number of halogens is 1. The number of aryl methyl sites for hydroxylation is 1. The van der Waals surface area contributed by atoms with Gasteiger partial charge in [-0.1, -0.05) is 59.8 Å². The van der Waals surface area contributed by atoms with Crippen molar-refractivity contribution in [2.45, 2.75) is 26.8 Å². The molecular formula is C25H25ClN4O3S2. The smallest absolute Gasteiger partial charge is 0.267 e. The number of carbonyl (C=O) groups excluding carboxylic acids is 1. The first-order chi connectivity index (χ1) is 16.9. The Bertz CT molecular complexity index is 1370. The van der Waals surface area contributed by atoms with Crippen molar-refractivity contribution in [1.82, 2.24) is 14.3 Å². The van der Waals surface area contributed by atoms with Crippen LogP contribution >= 0.6 is 35.6 Å². The topological polar surface area (TPSA) is 75.9 Å². The van der Waals surface area contributed by atoms with E-state index in [2.05, 4.69) is 5.32 Å². The van der Waals surface area contributed by atoms with Gasteiger partial charge in [0.25, 0.3) is 11.5 Å². The zero-order valence-corrected chi connectivity index (χ0v) is 21.8. The number of pyridine rings is 1. The third-order valence-corrected chi connectivity index (χ3v) is 7.23. The Morgan fingerprint density at radius 1 is 1.23 bits per heavy atom. The Hall–Kier alpha value is -2.72. The second-order valence-corrected chi connectivity index (χ2v) is 9.98. The number of thioether (sulfide) groups is 1. The Morgan fingerprint density at radius 3 is 2.80 bits per heavy atom. The third-order valence-electron chi connectivity index (χ3n) is 5.48. The van der Waals surface area contributed by atoms with Crippen LogP contribution in [0.4, 0.5) is 5.82 Å².